The molecule has 2 aromatic carbocycles. The van der Waals surface area contributed by atoms with Crippen molar-refractivity contribution in [2.75, 3.05) is 5.32 Å². The van der Waals surface area contributed by atoms with Gasteiger partial charge in [0.15, 0.2) is 17.8 Å². The van der Waals surface area contributed by atoms with Crippen LogP contribution in [0.15, 0.2) is 65.4 Å². The van der Waals surface area contributed by atoms with Gasteiger partial charge in [-0.1, -0.05) is 18.2 Å². The first-order valence-electron chi connectivity index (χ1n) is 7.98. The van der Waals surface area contributed by atoms with Crippen LogP contribution in [0.4, 0.5) is 10.1 Å². The van der Waals surface area contributed by atoms with E-state index in [1.54, 1.807) is 18.2 Å². The number of amides is 1. The van der Waals surface area contributed by atoms with E-state index in [0.29, 0.717) is 11.3 Å². The van der Waals surface area contributed by atoms with Crippen LogP contribution in [0.2, 0.25) is 0 Å². The molecule has 0 saturated heterocycles. The van der Waals surface area contributed by atoms with E-state index in [1.165, 1.54) is 18.5 Å². The van der Waals surface area contributed by atoms with Crippen LogP contribution < -0.4 is 5.32 Å². The van der Waals surface area contributed by atoms with Crippen molar-refractivity contribution in [1.29, 1.82) is 0 Å². The van der Waals surface area contributed by atoms with Crippen molar-refractivity contribution in [2.45, 2.75) is 6.92 Å². The summed E-state index contributed by atoms with van der Waals surface area (Å²) in [6.07, 6.45) is 1.17. The van der Waals surface area contributed by atoms with Gasteiger partial charge in [-0.2, -0.15) is 0 Å². The summed E-state index contributed by atoms with van der Waals surface area (Å²) >= 11 is 0. The second-order valence-corrected chi connectivity index (χ2v) is 5.85. The highest BCUT2D eigenvalue weighted by molar-refractivity contribution is 6.07. The molecule has 2 aromatic heterocycles. The molecule has 26 heavy (non-hydrogen) atoms. The van der Waals surface area contributed by atoms with Gasteiger partial charge in [-0.3, -0.25) is 9.78 Å². The van der Waals surface area contributed by atoms with Gasteiger partial charge in [-0.15, -0.1) is 0 Å². The first-order valence-corrected chi connectivity index (χ1v) is 7.98. The highest BCUT2D eigenvalue weighted by Gasteiger charge is 2.19. The number of aromatic nitrogens is 2. The number of carbonyl (C=O) groups excluding carboxylic acids is 1. The highest BCUT2D eigenvalue weighted by Crippen LogP contribution is 2.25. The molecular formula is C20H14FN3O2. The van der Waals surface area contributed by atoms with Gasteiger partial charge in [0.05, 0.1) is 5.52 Å². The Balaban J connectivity index is 1.63. The zero-order valence-corrected chi connectivity index (χ0v) is 13.9. The van der Waals surface area contributed by atoms with Gasteiger partial charge in [0.25, 0.3) is 5.91 Å². The number of fused-ring (bicyclic) bond motifs is 1. The summed E-state index contributed by atoms with van der Waals surface area (Å²) in [4.78, 5) is 21.0. The Bertz CT molecular complexity index is 1120. The number of carbonyl (C=O) groups is 1. The Labute approximate surface area is 148 Å². The molecule has 1 amide bonds. The number of nitrogens with zero attached hydrogens (tertiary/aromatic N) is 2. The first kappa shape index (κ1) is 16.0. The summed E-state index contributed by atoms with van der Waals surface area (Å²) in [5.74, 6) is -0.625. The van der Waals surface area contributed by atoms with E-state index in [2.05, 4.69) is 15.3 Å². The number of hydrogen-bond acceptors (Lipinski definition) is 4. The zero-order valence-electron chi connectivity index (χ0n) is 13.9. The molecule has 0 saturated carbocycles. The van der Waals surface area contributed by atoms with Crippen LogP contribution in [0.5, 0.6) is 0 Å². The maximum absolute atomic E-state index is 13.4. The van der Waals surface area contributed by atoms with Crippen molar-refractivity contribution in [3.63, 3.8) is 0 Å². The second-order valence-electron chi connectivity index (χ2n) is 5.85. The molecule has 5 nitrogen and oxygen atoms in total. The second kappa shape index (κ2) is 6.40. The normalized spacial score (nSPS) is 10.8. The Kier molecular flexibility index (Phi) is 3.93. The minimum Gasteiger partial charge on any atom is -0.443 e. The van der Waals surface area contributed by atoms with Crippen LogP contribution in [0.1, 0.15) is 16.2 Å². The van der Waals surface area contributed by atoms with Crippen LogP contribution in [0.25, 0.3) is 22.2 Å². The molecule has 128 valence electrons. The average molecular weight is 347 g/mol. The summed E-state index contributed by atoms with van der Waals surface area (Å²) < 4.78 is 18.7. The number of pyridine rings is 1. The molecule has 0 radical (unpaired) electrons. The number of nitrogens with one attached hydrogen (secondary N) is 1. The standard InChI is InChI=1S/C20H14FN3O2/c1-12-5-6-13-10-16(7-8-17(13)23-12)24-20(25)18-19(26-11-22-18)14-3-2-4-15(21)9-14/h2-11H,1H3,(H,24,25). The Morgan fingerprint density at radius 2 is 2.00 bits per heavy atom. The molecule has 6 heteroatoms. The van der Waals surface area contributed by atoms with Crippen molar-refractivity contribution >= 4 is 22.5 Å². The fourth-order valence-electron chi connectivity index (χ4n) is 2.74. The molecule has 4 aromatic rings. The number of benzene rings is 2. The van der Waals surface area contributed by atoms with Crippen molar-refractivity contribution in [2.24, 2.45) is 0 Å². The molecular weight excluding hydrogens is 333 g/mol. The molecule has 0 aliphatic carbocycles. The molecule has 1 N–H and O–H groups in total. The molecule has 4 rings (SSSR count). The maximum atomic E-state index is 13.4. The lowest BCUT2D eigenvalue weighted by molar-refractivity contribution is 0.102. The van der Waals surface area contributed by atoms with Crippen LogP contribution >= 0.6 is 0 Å². The molecule has 0 fully saturated rings. The van der Waals surface area contributed by atoms with Crippen LogP contribution in [0.3, 0.4) is 0 Å². The number of anilines is 1. The molecule has 0 aliphatic rings. The van der Waals surface area contributed by atoms with Crippen molar-refractivity contribution < 1.29 is 13.6 Å². The Morgan fingerprint density at radius 1 is 1.12 bits per heavy atom. The Morgan fingerprint density at radius 3 is 2.85 bits per heavy atom. The Hall–Kier alpha value is -3.54. The molecule has 0 atom stereocenters. The van der Waals surface area contributed by atoms with Gasteiger partial charge in [-0.05, 0) is 43.3 Å². The zero-order chi connectivity index (χ0) is 18.1. The SMILES string of the molecule is Cc1ccc2cc(NC(=O)c3ncoc3-c3cccc(F)c3)ccc2n1. The van der Waals surface area contributed by atoms with Gasteiger partial charge in [0.1, 0.15) is 5.82 Å². The third-order valence-electron chi connectivity index (χ3n) is 3.96. The van der Waals surface area contributed by atoms with Crippen LogP contribution in [0, 0.1) is 12.7 Å². The predicted molar refractivity (Wildman–Crippen MR) is 96.3 cm³/mol. The van der Waals surface area contributed by atoms with Crippen molar-refractivity contribution in [1.82, 2.24) is 9.97 Å². The minimum atomic E-state index is -0.433. The molecule has 0 aliphatic heterocycles. The molecule has 0 unspecified atom stereocenters. The number of rotatable bonds is 3. The largest absolute Gasteiger partial charge is 0.443 e. The fraction of sp³-hybridized carbons (Fsp3) is 0.0500. The number of hydrogen-bond donors (Lipinski definition) is 1. The van der Waals surface area contributed by atoms with Gasteiger partial charge in [0.2, 0.25) is 0 Å². The highest BCUT2D eigenvalue weighted by atomic mass is 19.1. The minimum absolute atomic E-state index is 0.0951. The molecule has 2 heterocycles. The van der Waals surface area contributed by atoms with E-state index < -0.39 is 11.7 Å². The molecule has 0 bridgehead atoms. The fourth-order valence-corrected chi connectivity index (χ4v) is 2.74. The van der Waals surface area contributed by atoms with Gasteiger partial charge in [0, 0.05) is 22.3 Å². The monoisotopic (exact) mass is 347 g/mol. The first-order chi connectivity index (χ1) is 12.6. The number of oxazole rings is 1. The lowest BCUT2D eigenvalue weighted by atomic mass is 10.1. The van der Waals surface area contributed by atoms with E-state index in [0.717, 1.165) is 16.6 Å². The average Bonchev–Trinajstić information content (AvgIpc) is 3.12. The number of aryl methyl sites for hydroxylation is 1. The summed E-state index contributed by atoms with van der Waals surface area (Å²) in [5, 5.41) is 3.71. The quantitative estimate of drug-likeness (QED) is 0.588. The van der Waals surface area contributed by atoms with E-state index in [-0.39, 0.29) is 11.5 Å². The van der Waals surface area contributed by atoms with E-state index in [4.69, 9.17) is 4.42 Å². The lowest BCUT2D eigenvalue weighted by Crippen LogP contribution is -2.13. The van der Waals surface area contributed by atoms with Gasteiger partial charge < -0.3 is 9.73 Å². The topological polar surface area (TPSA) is 68.0 Å². The summed E-state index contributed by atoms with van der Waals surface area (Å²) in [5.41, 5.74) is 2.94. The van der Waals surface area contributed by atoms with Crippen molar-refractivity contribution in [3.8, 4) is 11.3 Å². The predicted octanol–water partition coefficient (Wildman–Crippen LogP) is 4.59. The summed E-state index contributed by atoms with van der Waals surface area (Å²) in [7, 11) is 0. The van der Waals surface area contributed by atoms with E-state index >= 15 is 0 Å². The molecule has 0 spiro atoms. The summed E-state index contributed by atoms with van der Waals surface area (Å²) in [6, 6.07) is 15.1. The van der Waals surface area contributed by atoms with Crippen LogP contribution in [-0.4, -0.2) is 15.9 Å². The lowest BCUT2D eigenvalue weighted by Gasteiger charge is -2.06. The van der Waals surface area contributed by atoms with E-state index in [9.17, 15) is 9.18 Å². The van der Waals surface area contributed by atoms with Crippen LogP contribution in [-0.2, 0) is 0 Å². The third-order valence-corrected chi connectivity index (χ3v) is 3.96. The van der Waals surface area contributed by atoms with Gasteiger partial charge >= 0.3 is 0 Å². The van der Waals surface area contributed by atoms with Gasteiger partial charge in [-0.25, -0.2) is 9.37 Å². The smallest absolute Gasteiger partial charge is 0.278 e. The summed E-state index contributed by atoms with van der Waals surface area (Å²) in [6.45, 7) is 1.92. The van der Waals surface area contributed by atoms with E-state index in [1.807, 2.05) is 31.2 Å². The maximum Gasteiger partial charge on any atom is 0.278 e. The number of halogens is 1. The third kappa shape index (κ3) is 3.04. The van der Waals surface area contributed by atoms with Crippen molar-refractivity contribution in [3.05, 3.63) is 78.2 Å².